The number of ether oxygens (including phenoxy) is 4. The van der Waals surface area contributed by atoms with Gasteiger partial charge in [0.15, 0.2) is 17.3 Å². The fourth-order valence-corrected chi connectivity index (χ4v) is 10.2. The number of carbonyl (C=O) groups is 6. The molecule has 0 saturated heterocycles. The lowest BCUT2D eigenvalue weighted by atomic mass is 9.95. The van der Waals surface area contributed by atoms with Crippen molar-refractivity contribution >= 4 is 95.1 Å². The Morgan fingerprint density at radius 2 is 0.964 bits per heavy atom. The van der Waals surface area contributed by atoms with Crippen molar-refractivity contribution < 1.29 is 93.7 Å². The summed E-state index contributed by atoms with van der Waals surface area (Å²) in [6.07, 6.45) is 33.7. The minimum Gasteiger partial charge on any atom is -0.508 e. The van der Waals surface area contributed by atoms with Crippen LogP contribution in [-0.4, -0.2) is 122 Å². The highest BCUT2D eigenvalue weighted by atomic mass is 31.0. The smallest absolute Gasteiger partial charge is 0.328 e. The van der Waals surface area contributed by atoms with E-state index in [1.807, 2.05) is 154 Å². The van der Waals surface area contributed by atoms with Crippen LogP contribution in [0.15, 0.2) is 192 Å². The molecule has 0 fully saturated rings. The van der Waals surface area contributed by atoms with Crippen molar-refractivity contribution in [1.82, 2.24) is 0 Å². The monoisotopic (exact) mass is 1520 g/mol. The van der Waals surface area contributed by atoms with E-state index >= 15 is 0 Å². The highest BCUT2D eigenvalue weighted by molar-refractivity contribution is 7.49. The molecule has 3 heterocycles. The molecular weight excluding hydrogens is 1410 g/mol. The van der Waals surface area contributed by atoms with E-state index in [4.69, 9.17) is 45.8 Å². The summed E-state index contributed by atoms with van der Waals surface area (Å²) in [5, 5.41) is 82.6. The number of aliphatic hydroxyl groups excluding tert-OH is 1. The van der Waals surface area contributed by atoms with Crippen LogP contribution in [-0.2, 0) is 56.1 Å². The standard InChI is InChI=1S/C19H22O3.C19H24O3.C14H14O3.C14H16O3.C13H14O4.C10H10O3.BH2P/c1-13(2)5-7-15-11-14(6-8-17(20)21)12-16-9-10-19(3,4)22-18(15)16;1-13(2)5-8-16-11-15(7-10-18(20)21)12-17(19(16)22)9-6-14(3)4;1-14(2)8-7-11-9-10(4-6-13(15)16)3-5-12(11)17-14;1-10(2)3-6-12-9-11(4-7-13(12)15)5-8-14(16)17;1-7(6-14)12-4-9-3-11(16)10(8(2)15)5-13(9)17-12;1-13-10-7-8(3-2-6-11)4-5-9(10)12;1-2/h5-6,8-12H,7H2,1-4H3,(H,20,21);5-7,10-12,22H,8-9H2,1-4H3,(H,20,21);3-9H,1-2H3,(H,15,16);3-5,7-9,15H,6H2,1-2H3,(H,16,17);3,5,12,14,16H,1,4,6H2,2H3;2-7,12H,1H3;2H2/b8-6+;10-7+;6-4+;8-5+;;3-2+;/t;;;;12-;;/m....0../s1/i;;;;;;2D. The van der Waals surface area contributed by atoms with E-state index in [0.717, 1.165) is 109 Å². The molecule has 2 radical (unpaired) electrons. The molecule has 0 spiro atoms. The Bertz CT molecular complexity index is 4580. The molecule has 110 heavy (non-hydrogen) atoms. The second kappa shape index (κ2) is 45.8. The molecule has 19 nitrogen and oxygen atoms in total. The summed E-state index contributed by atoms with van der Waals surface area (Å²) in [4.78, 5) is 63.5. The molecule has 6 aromatic carbocycles. The SMILES string of the molecule is C=C(CO)[C@@H]1Cc2cc(O)c(C(C)=O)cc2O1.CC(C)=CCc1cc(/C=C/C(=O)O)cc(CC=C(C)C)c1O.CC(C)=CCc1cc(/C=C/C(=O)O)cc2c1OC(C)(C)C=C2.CC(C)=CCc1cc(/C=C/C(=O)O)ccc1O.CC1(C)C=Cc2cc(/C=C/C(=O)O)ccc2O1.COc1cc(/C=C/C=O)ccc1O.[2H]P[B]. The number of carboxylic acid groups (broad SMARTS) is 4. The molecule has 0 aliphatic carbocycles. The second-order valence-corrected chi connectivity index (χ2v) is 27.3. The lowest BCUT2D eigenvalue weighted by Gasteiger charge is -2.29. The number of aromatic hydroxyl groups is 4. The molecule has 0 amide bonds. The van der Waals surface area contributed by atoms with E-state index in [2.05, 4.69) is 34.1 Å². The summed E-state index contributed by atoms with van der Waals surface area (Å²) in [5.41, 5.74) is 15.3. The number of hydrogen-bond acceptors (Lipinski definition) is 15. The van der Waals surface area contributed by atoms with Gasteiger partial charge in [-0.05, 0) is 287 Å². The van der Waals surface area contributed by atoms with E-state index in [1.54, 1.807) is 54.6 Å². The molecule has 2 atom stereocenters. The number of ketones is 1. The van der Waals surface area contributed by atoms with Gasteiger partial charge in [-0.15, -0.1) is 0 Å². The van der Waals surface area contributed by atoms with E-state index in [0.29, 0.717) is 54.8 Å². The number of allylic oxidation sites excluding steroid dienone is 9. The third-order valence-electron chi connectivity index (χ3n) is 15.8. The van der Waals surface area contributed by atoms with Crippen LogP contribution in [0.5, 0.6) is 46.0 Å². The van der Waals surface area contributed by atoms with Crippen molar-refractivity contribution in [3.63, 3.8) is 0 Å². The normalized spacial score (nSPS) is 13.5. The first-order valence-electron chi connectivity index (χ1n) is 35.3. The van der Waals surface area contributed by atoms with E-state index in [-0.39, 0.29) is 61.6 Å². The molecule has 0 bridgehead atoms. The predicted molar refractivity (Wildman–Crippen MR) is 443 cm³/mol. The maximum atomic E-state index is 11.3. The molecule has 0 saturated carbocycles. The van der Waals surface area contributed by atoms with Crippen LogP contribution < -0.4 is 18.9 Å². The van der Waals surface area contributed by atoms with Gasteiger partial charge in [-0.3, -0.25) is 9.59 Å². The van der Waals surface area contributed by atoms with Gasteiger partial charge in [0, 0.05) is 48.7 Å². The fraction of sp³-hybridized carbons (Fsp3) is 0.258. The van der Waals surface area contributed by atoms with Crippen molar-refractivity contribution in [2.75, 3.05) is 13.7 Å². The number of Topliss-reactive ketones (excluding diaryl/α,β-unsaturated/α-hetero) is 1. The number of aliphatic carboxylic acids is 4. The van der Waals surface area contributed by atoms with Crippen molar-refractivity contribution in [2.24, 2.45) is 0 Å². The molecule has 580 valence electrons. The summed E-state index contributed by atoms with van der Waals surface area (Å²) in [6.45, 7) is 29.1. The molecule has 9 rings (SSSR count). The third kappa shape index (κ3) is 33.6. The van der Waals surface area contributed by atoms with Crippen LogP contribution >= 0.6 is 9.06 Å². The first-order chi connectivity index (χ1) is 52.2. The van der Waals surface area contributed by atoms with Crippen molar-refractivity contribution in [2.45, 2.75) is 139 Å². The quantitative estimate of drug-likeness (QED) is 0.00761. The Morgan fingerprint density at radius 3 is 1.45 bits per heavy atom. The van der Waals surface area contributed by atoms with Gasteiger partial charge >= 0.3 is 23.9 Å². The Balaban J connectivity index is 0.000000345. The number of hydrogen-bond donors (Lipinski definition) is 9. The molecular formula is C89H102BO19P. The minimum absolute atomic E-state index is 0.0323. The lowest BCUT2D eigenvalue weighted by Crippen LogP contribution is -2.28. The summed E-state index contributed by atoms with van der Waals surface area (Å²) in [6, 6.07) is 26.2. The predicted octanol–water partition coefficient (Wildman–Crippen LogP) is 18.0. The zero-order valence-electron chi connectivity index (χ0n) is 65.8. The van der Waals surface area contributed by atoms with E-state index in [9.17, 15) is 49.2 Å². The molecule has 1 unspecified atom stereocenters. The minimum atomic E-state index is -0.982. The van der Waals surface area contributed by atoms with Crippen LogP contribution in [0.4, 0.5) is 0 Å². The lowest BCUT2D eigenvalue weighted by molar-refractivity contribution is -0.132. The molecule has 0 aromatic heterocycles. The molecule has 21 heteroatoms. The van der Waals surface area contributed by atoms with Crippen LogP contribution in [0.3, 0.4) is 0 Å². The number of fused-ring (bicyclic) bond motifs is 3. The molecule has 3 aliphatic heterocycles. The number of phenolic OH excluding ortho intramolecular Hbond substituents is 4. The third-order valence-corrected chi connectivity index (χ3v) is 15.8. The summed E-state index contributed by atoms with van der Waals surface area (Å²) in [7, 11) is 5.85. The summed E-state index contributed by atoms with van der Waals surface area (Å²) >= 11 is 0. The Kier molecular flexibility index (Phi) is 37.8. The molecule has 3 aliphatic rings. The van der Waals surface area contributed by atoms with Gasteiger partial charge in [-0.2, -0.15) is 9.06 Å². The number of benzene rings is 6. The zero-order valence-corrected chi connectivity index (χ0v) is 65.8. The largest absolute Gasteiger partial charge is 0.508 e. The summed E-state index contributed by atoms with van der Waals surface area (Å²) < 4.78 is 28.4. The number of rotatable bonds is 22. The average Bonchev–Trinajstić information content (AvgIpc) is 1.78. The van der Waals surface area contributed by atoms with Gasteiger partial charge in [-0.25, -0.2) is 19.2 Å². The summed E-state index contributed by atoms with van der Waals surface area (Å²) in [5.74, 6) is -0.805. The zero-order chi connectivity index (χ0) is 83.3. The van der Waals surface area contributed by atoms with Crippen LogP contribution in [0.2, 0.25) is 0 Å². The topological polar surface area (TPSA) is 321 Å². The number of methoxy groups -OCH3 is 1. The highest BCUT2D eigenvalue weighted by Crippen LogP contribution is 2.39. The first-order valence-corrected chi connectivity index (χ1v) is 35.4. The number of carboxylic acids is 4. The average molecular weight is 1520 g/mol. The van der Waals surface area contributed by atoms with Crippen molar-refractivity contribution in [3.05, 3.63) is 265 Å². The number of aliphatic hydroxyl groups is 1. The van der Waals surface area contributed by atoms with Gasteiger partial charge < -0.3 is 64.9 Å². The number of carbonyl (C=O) groups excluding carboxylic acids is 2. The van der Waals surface area contributed by atoms with Crippen molar-refractivity contribution in [3.8, 4) is 46.0 Å². The van der Waals surface area contributed by atoms with Crippen LogP contribution in [0.1, 0.15) is 167 Å². The van der Waals surface area contributed by atoms with E-state index in [1.165, 1.54) is 66.7 Å². The van der Waals surface area contributed by atoms with Gasteiger partial charge in [-0.1, -0.05) is 89.6 Å². The maximum Gasteiger partial charge on any atom is 0.328 e. The van der Waals surface area contributed by atoms with E-state index < -0.39 is 23.9 Å². The highest BCUT2D eigenvalue weighted by Gasteiger charge is 2.28. The second-order valence-electron chi connectivity index (χ2n) is 27.3. The van der Waals surface area contributed by atoms with Gasteiger partial charge in [0.2, 0.25) is 0 Å². The van der Waals surface area contributed by atoms with Gasteiger partial charge in [0.05, 0.1) is 26.8 Å². The first kappa shape index (κ1) is 90.7. The van der Waals surface area contributed by atoms with Crippen LogP contribution in [0, 0.1) is 0 Å². The Hall–Kier alpha value is -11.7. The molecule has 6 aromatic rings. The number of phenols is 4. The Morgan fingerprint density at radius 1 is 0.545 bits per heavy atom. The fourth-order valence-electron chi connectivity index (χ4n) is 10.2. The van der Waals surface area contributed by atoms with Crippen LogP contribution in [0.25, 0.3) is 42.5 Å². The van der Waals surface area contributed by atoms with Crippen molar-refractivity contribution in [1.29, 1.82) is 1.28 Å². The number of aldehydes is 1. The Labute approximate surface area is 650 Å². The maximum absolute atomic E-state index is 11.3. The van der Waals surface area contributed by atoms with Gasteiger partial charge in [0.25, 0.3) is 0 Å². The van der Waals surface area contributed by atoms with Gasteiger partial charge in [0.1, 0.15) is 58.1 Å². The molecule has 9 N–H and O–H groups in total.